The van der Waals surface area contributed by atoms with Gasteiger partial charge in [0.05, 0.1) is 11.6 Å². The first-order chi connectivity index (χ1) is 9.31. The van der Waals surface area contributed by atoms with Gasteiger partial charge in [0, 0.05) is 26.2 Å². The molecule has 0 saturated heterocycles. The minimum absolute atomic E-state index is 0.00352. The molecule has 0 aliphatic rings. The smallest absolute Gasteiger partial charge is 0.260 e. The topological polar surface area (TPSA) is 49.9 Å². The van der Waals surface area contributed by atoms with E-state index in [2.05, 4.69) is 0 Å². The zero-order valence-corrected chi connectivity index (χ0v) is 13.0. The number of hydrogen-bond donors (Lipinski definition) is 0. The number of carbonyl (C=O) groups is 2. The van der Waals surface area contributed by atoms with Crippen molar-refractivity contribution in [2.45, 2.75) is 0 Å². The summed E-state index contributed by atoms with van der Waals surface area (Å²) in [5.41, 5.74) is 0. The van der Waals surface area contributed by atoms with E-state index in [9.17, 15) is 9.59 Å². The summed E-state index contributed by atoms with van der Waals surface area (Å²) in [5, 5.41) is 0.819. The predicted molar refractivity (Wildman–Crippen MR) is 78.3 cm³/mol. The number of rotatable bonds is 5. The number of benzene rings is 1. The van der Waals surface area contributed by atoms with Gasteiger partial charge in [-0.1, -0.05) is 23.2 Å². The summed E-state index contributed by atoms with van der Waals surface area (Å²) in [6.45, 7) is -0.192. The first-order valence-electron chi connectivity index (χ1n) is 5.83. The molecule has 0 saturated carbocycles. The number of amides is 2. The van der Waals surface area contributed by atoms with E-state index in [0.717, 1.165) is 0 Å². The van der Waals surface area contributed by atoms with E-state index < -0.39 is 0 Å². The molecule has 0 radical (unpaired) electrons. The molecule has 0 bridgehead atoms. The summed E-state index contributed by atoms with van der Waals surface area (Å²) < 4.78 is 5.31. The van der Waals surface area contributed by atoms with Crippen LogP contribution in [0.15, 0.2) is 18.2 Å². The number of ether oxygens (including phenoxy) is 1. The van der Waals surface area contributed by atoms with Crippen molar-refractivity contribution in [1.29, 1.82) is 0 Å². The number of halogens is 2. The Morgan fingerprint density at radius 3 is 2.35 bits per heavy atom. The van der Waals surface area contributed by atoms with Gasteiger partial charge in [0.25, 0.3) is 5.91 Å². The van der Waals surface area contributed by atoms with Crippen LogP contribution in [0.3, 0.4) is 0 Å². The maximum atomic E-state index is 11.8. The third-order valence-electron chi connectivity index (χ3n) is 2.54. The average molecular weight is 319 g/mol. The summed E-state index contributed by atoms with van der Waals surface area (Å²) in [7, 11) is 4.80. The van der Waals surface area contributed by atoms with Gasteiger partial charge in [-0.2, -0.15) is 0 Å². The van der Waals surface area contributed by atoms with Crippen molar-refractivity contribution in [3.8, 4) is 5.75 Å². The molecule has 1 aromatic rings. The Morgan fingerprint density at radius 2 is 1.80 bits per heavy atom. The summed E-state index contributed by atoms with van der Waals surface area (Å²) in [5.74, 6) is -0.103. The Labute approximate surface area is 128 Å². The highest BCUT2D eigenvalue weighted by Gasteiger charge is 2.15. The average Bonchev–Trinajstić information content (AvgIpc) is 2.37. The molecule has 1 aromatic carbocycles. The van der Waals surface area contributed by atoms with Gasteiger partial charge in [-0.25, -0.2) is 0 Å². The highest BCUT2D eigenvalue weighted by Crippen LogP contribution is 2.27. The van der Waals surface area contributed by atoms with Crippen LogP contribution in [0.1, 0.15) is 0 Å². The third kappa shape index (κ3) is 4.90. The number of nitrogens with zero attached hydrogens (tertiary/aromatic N) is 2. The highest BCUT2D eigenvalue weighted by atomic mass is 35.5. The van der Waals surface area contributed by atoms with Crippen molar-refractivity contribution in [1.82, 2.24) is 9.80 Å². The first kappa shape index (κ1) is 16.6. The van der Waals surface area contributed by atoms with Gasteiger partial charge in [0.2, 0.25) is 5.91 Å². The molecular formula is C13H16Cl2N2O3. The van der Waals surface area contributed by atoms with Crippen LogP contribution in [0.4, 0.5) is 0 Å². The van der Waals surface area contributed by atoms with E-state index in [1.54, 1.807) is 26.2 Å². The molecule has 0 N–H and O–H groups in total. The van der Waals surface area contributed by atoms with Gasteiger partial charge < -0.3 is 14.5 Å². The molecule has 7 heteroatoms. The Hall–Kier alpha value is -1.46. The Morgan fingerprint density at radius 1 is 1.15 bits per heavy atom. The van der Waals surface area contributed by atoms with Crippen LogP contribution in [-0.2, 0) is 9.59 Å². The lowest BCUT2D eigenvalue weighted by atomic mass is 10.3. The van der Waals surface area contributed by atoms with Gasteiger partial charge in [-0.05, 0) is 18.2 Å². The lowest BCUT2D eigenvalue weighted by molar-refractivity contribution is -0.139. The van der Waals surface area contributed by atoms with Crippen LogP contribution in [-0.4, -0.2) is 55.9 Å². The quantitative estimate of drug-likeness (QED) is 0.833. The molecule has 0 fully saturated rings. The van der Waals surface area contributed by atoms with E-state index in [4.69, 9.17) is 27.9 Å². The van der Waals surface area contributed by atoms with E-state index in [0.29, 0.717) is 15.8 Å². The minimum Gasteiger partial charge on any atom is -0.482 e. The molecule has 1 rings (SSSR count). The van der Waals surface area contributed by atoms with Crippen molar-refractivity contribution < 1.29 is 14.3 Å². The zero-order valence-electron chi connectivity index (χ0n) is 11.5. The standard InChI is InChI=1S/C13H16Cl2N2O3/c1-16(2)12(18)7-17(3)13(19)8-20-11-5-4-9(14)6-10(11)15/h4-6H,7-8H2,1-3H3. The number of hydrogen-bond acceptors (Lipinski definition) is 3. The van der Waals surface area contributed by atoms with Crippen LogP contribution in [0.5, 0.6) is 5.75 Å². The fraction of sp³-hybridized carbons (Fsp3) is 0.385. The Kier molecular flexibility index (Phi) is 6.10. The van der Waals surface area contributed by atoms with Gasteiger partial charge in [-0.15, -0.1) is 0 Å². The second kappa shape index (κ2) is 7.36. The molecule has 110 valence electrons. The Bertz CT molecular complexity index is 506. The zero-order chi connectivity index (χ0) is 15.3. The van der Waals surface area contributed by atoms with Gasteiger partial charge in [0.1, 0.15) is 5.75 Å². The molecule has 2 amide bonds. The molecule has 20 heavy (non-hydrogen) atoms. The molecule has 0 aromatic heterocycles. The summed E-state index contributed by atoms with van der Waals surface area (Å²) in [6, 6.07) is 4.73. The fourth-order valence-electron chi connectivity index (χ4n) is 1.27. The molecule has 0 atom stereocenters. The highest BCUT2D eigenvalue weighted by molar-refractivity contribution is 6.35. The molecule has 0 aliphatic heterocycles. The van der Waals surface area contributed by atoms with E-state index in [1.165, 1.54) is 22.9 Å². The lowest BCUT2D eigenvalue weighted by Crippen LogP contribution is -2.39. The van der Waals surface area contributed by atoms with Crippen molar-refractivity contribution >= 4 is 35.0 Å². The molecule has 0 heterocycles. The van der Waals surface area contributed by atoms with Crippen LogP contribution < -0.4 is 4.74 Å². The SMILES string of the molecule is CN(C)C(=O)CN(C)C(=O)COc1ccc(Cl)cc1Cl. The van der Waals surface area contributed by atoms with Crippen molar-refractivity contribution in [2.24, 2.45) is 0 Å². The van der Waals surface area contributed by atoms with Crippen LogP contribution in [0.2, 0.25) is 10.0 Å². The Balaban J connectivity index is 2.52. The van der Waals surface area contributed by atoms with Crippen molar-refractivity contribution in [3.63, 3.8) is 0 Å². The van der Waals surface area contributed by atoms with E-state index >= 15 is 0 Å². The van der Waals surface area contributed by atoms with Crippen molar-refractivity contribution in [2.75, 3.05) is 34.3 Å². The predicted octanol–water partition coefficient (Wildman–Crippen LogP) is 1.92. The lowest BCUT2D eigenvalue weighted by Gasteiger charge is -2.19. The summed E-state index contributed by atoms with van der Waals surface area (Å²) in [4.78, 5) is 26.0. The summed E-state index contributed by atoms with van der Waals surface area (Å²) in [6.07, 6.45) is 0. The van der Waals surface area contributed by atoms with Crippen LogP contribution in [0.25, 0.3) is 0 Å². The third-order valence-corrected chi connectivity index (χ3v) is 3.07. The molecule has 0 spiro atoms. The first-order valence-corrected chi connectivity index (χ1v) is 6.59. The van der Waals surface area contributed by atoms with Gasteiger partial charge in [0.15, 0.2) is 6.61 Å². The van der Waals surface area contributed by atoms with Gasteiger partial charge >= 0.3 is 0 Å². The fourth-order valence-corrected chi connectivity index (χ4v) is 1.74. The second-order valence-electron chi connectivity index (χ2n) is 4.40. The van der Waals surface area contributed by atoms with Crippen LogP contribution >= 0.6 is 23.2 Å². The van der Waals surface area contributed by atoms with Crippen molar-refractivity contribution in [3.05, 3.63) is 28.2 Å². The monoisotopic (exact) mass is 318 g/mol. The normalized spacial score (nSPS) is 10.1. The maximum Gasteiger partial charge on any atom is 0.260 e. The van der Waals surface area contributed by atoms with Crippen LogP contribution in [0, 0.1) is 0 Å². The molecular weight excluding hydrogens is 303 g/mol. The van der Waals surface area contributed by atoms with Gasteiger partial charge in [-0.3, -0.25) is 9.59 Å². The number of carbonyl (C=O) groups excluding carboxylic acids is 2. The molecule has 0 unspecified atom stereocenters. The van der Waals surface area contributed by atoms with E-state index in [1.807, 2.05) is 0 Å². The minimum atomic E-state index is -0.314. The second-order valence-corrected chi connectivity index (χ2v) is 5.25. The maximum absolute atomic E-state index is 11.8. The molecule has 0 aliphatic carbocycles. The number of likely N-dealkylation sites (N-methyl/N-ethyl adjacent to an activating group) is 2. The largest absolute Gasteiger partial charge is 0.482 e. The van der Waals surface area contributed by atoms with E-state index in [-0.39, 0.29) is 25.0 Å². The molecule has 5 nitrogen and oxygen atoms in total. The summed E-state index contributed by atoms with van der Waals surface area (Å²) >= 11 is 11.7.